The molecule has 1 aliphatic carbocycles. The highest BCUT2D eigenvalue weighted by Gasteiger charge is 2.17. The van der Waals surface area contributed by atoms with Crippen LogP contribution in [0.2, 0.25) is 0 Å². The van der Waals surface area contributed by atoms with E-state index < -0.39 is 0 Å². The molecule has 1 rings (SSSR count). The number of rotatable bonds is 0. The van der Waals surface area contributed by atoms with Crippen LogP contribution in [0.3, 0.4) is 0 Å². The molecule has 0 spiro atoms. The van der Waals surface area contributed by atoms with Gasteiger partial charge in [-0.15, -0.1) is 0 Å². The average Bonchev–Trinajstić information content (AvgIpc) is 1.98. The highest BCUT2D eigenvalue weighted by molar-refractivity contribution is 5.17. The van der Waals surface area contributed by atoms with Gasteiger partial charge in [-0.25, -0.2) is 4.39 Å². The summed E-state index contributed by atoms with van der Waals surface area (Å²) in [6.07, 6.45) is 1.34. The van der Waals surface area contributed by atoms with Crippen LogP contribution in [-0.2, 0) is 0 Å². The molecule has 0 bridgehead atoms. The van der Waals surface area contributed by atoms with Crippen molar-refractivity contribution in [2.75, 3.05) is 0 Å². The van der Waals surface area contributed by atoms with Crippen molar-refractivity contribution in [1.29, 1.82) is 0 Å². The summed E-state index contributed by atoms with van der Waals surface area (Å²) in [7, 11) is 0. The molecule has 8 heavy (non-hydrogen) atoms. The third-order valence-electron chi connectivity index (χ3n) is 1.66. The van der Waals surface area contributed by atoms with Crippen molar-refractivity contribution in [3.05, 3.63) is 11.4 Å². The molecule has 1 aliphatic rings. The number of halogens is 1. The molecule has 0 heterocycles. The molecule has 0 saturated heterocycles. The zero-order valence-corrected chi connectivity index (χ0v) is 4.95. The molecule has 2 N–H and O–H groups in total. The van der Waals surface area contributed by atoms with Crippen LogP contribution in [0, 0.1) is 0 Å². The van der Waals surface area contributed by atoms with Gasteiger partial charge in [0.15, 0.2) is 0 Å². The van der Waals surface area contributed by atoms with E-state index in [9.17, 15) is 4.39 Å². The second-order valence-electron chi connectivity index (χ2n) is 2.23. The van der Waals surface area contributed by atoms with Gasteiger partial charge >= 0.3 is 0 Å². The number of allylic oxidation sites excluding steroid dienone is 1. The van der Waals surface area contributed by atoms with Crippen molar-refractivity contribution in [3.63, 3.8) is 0 Å². The number of hydrogen-bond acceptors (Lipinski definition) is 1. The topological polar surface area (TPSA) is 26.0 Å². The monoisotopic (exact) mass is 115 g/mol. The summed E-state index contributed by atoms with van der Waals surface area (Å²) >= 11 is 0. The zero-order chi connectivity index (χ0) is 6.15. The first-order valence-corrected chi connectivity index (χ1v) is 2.82. The Bertz CT molecular complexity index is 128. The molecule has 1 unspecified atom stereocenters. The fraction of sp³-hybridized carbons (Fsp3) is 0.667. The Balaban J connectivity index is 2.71. The van der Waals surface area contributed by atoms with E-state index in [1.165, 1.54) is 0 Å². The Kier molecular flexibility index (Phi) is 1.34. The maximum absolute atomic E-state index is 12.4. The Hall–Kier alpha value is -0.370. The van der Waals surface area contributed by atoms with Gasteiger partial charge in [0.05, 0.1) is 0 Å². The summed E-state index contributed by atoms with van der Waals surface area (Å²) in [5, 5.41) is 0. The number of hydrogen-bond donors (Lipinski definition) is 1. The standard InChI is InChI=1S/C6H10FN/c1-4-5(7)2-3-6(4)8/h6H,2-3,8H2,1H3. The first kappa shape index (κ1) is 5.76. The normalized spacial score (nSPS) is 29.6. The zero-order valence-electron chi connectivity index (χ0n) is 4.95. The van der Waals surface area contributed by atoms with E-state index in [2.05, 4.69) is 0 Å². The minimum absolute atomic E-state index is 0.00231. The fourth-order valence-electron chi connectivity index (χ4n) is 0.897. The molecule has 46 valence electrons. The Morgan fingerprint density at radius 2 is 2.38 bits per heavy atom. The molecule has 0 fully saturated rings. The van der Waals surface area contributed by atoms with Gasteiger partial charge < -0.3 is 5.73 Å². The highest BCUT2D eigenvalue weighted by Crippen LogP contribution is 2.24. The highest BCUT2D eigenvalue weighted by atomic mass is 19.1. The summed E-state index contributed by atoms with van der Waals surface area (Å²) in [5.41, 5.74) is 6.21. The number of nitrogens with two attached hydrogens (primary N) is 1. The lowest BCUT2D eigenvalue weighted by atomic mass is 10.2. The van der Waals surface area contributed by atoms with Crippen molar-refractivity contribution in [1.82, 2.24) is 0 Å². The lowest BCUT2D eigenvalue weighted by Gasteiger charge is -1.99. The summed E-state index contributed by atoms with van der Waals surface area (Å²) in [5.74, 6) is -0.00231. The minimum Gasteiger partial charge on any atom is -0.324 e. The predicted molar refractivity (Wildman–Crippen MR) is 31.0 cm³/mol. The van der Waals surface area contributed by atoms with Crippen LogP contribution in [0.15, 0.2) is 11.4 Å². The molecule has 1 nitrogen and oxygen atoms in total. The van der Waals surface area contributed by atoms with Crippen molar-refractivity contribution in [2.24, 2.45) is 5.73 Å². The van der Waals surface area contributed by atoms with E-state index in [4.69, 9.17) is 5.73 Å². The van der Waals surface area contributed by atoms with E-state index in [0.717, 1.165) is 12.0 Å². The van der Waals surface area contributed by atoms with Gasteiger partial charge in [-0.2, -0.15) is 0 Å². The molecular weight excluding hydrogens is 105 g/mol. The summed E-state index contributed by atoms with van der Waals surface area (Å²) in [6.45, 7) is 1.76. The van der Waals surface area contributed by atoms with Gasteiger partial charge in [0.25, 0.3) is 0 Å². The van der Waals surface area contributed by atoms with Crippen LogP contribution in [0.1, 0.15) is 19.8 Å². The molecule has 1 atom stereocenters. The van der Waals surface area contributed by atoms with Crippen molar-refractivity contribution in [3.8, 4) is 0 Å². The van der Waals surface area contributed by atoms with Gasteiger partial charge in [-0.1, -0.05) is 0 Å². The smallest absolute Gasteiger partial charge is 0.100 e. The predicted octanol–water partition coefficient (Wildman–Crippen LogP) is 1.35. The molecule has 2 heteroatoms. The molecule has 0 radical (unpaired) electrons. The van der Waals surface area contributed by atoms with Gasteiger partial charge in [0, 0.05) is 12.5 Å². The van der Waals surface area contributed by atoms with Gasteiger partial charge in [0.2, 0.25) is 0 Å². The van der Waals surface area contributed by atoms with Crippen LogP contribution in [0.4, 0.5) is 4.39 Å². The molecule has 0 aromatic heterocycles. The lowest BCUT2D eigenvalue weighted by molar-refractivity contribution is 0.599. The SMILES string of the molecule is CC1=C(F)CCC1N. The minimum atomic E-state index is -0.00463. The Morgan fingerprint density at radius 3 is 2.50 bits per heavy atom. The summed E-state index contributed by atoms with van der Waals surface area (Å²) < 4.78 is 12.4. The molecule has 0 aromatic carbocycles. The van der Waals surface area contributed by atoms with Crippen LogP contribution in [0.25, 0.3) is 0 Å². The van der Waals surface area contributed by atoms with Gasteiger partial charge in [-0.05, 0) is 18.9 Å². The first-order chi connectivity index (χ1) is 3.72. The first-order valence-electron chi connectivity index (χ1n) is 2.82. The second-order valence-corrected chi connectivity index (χ2v) is 2.23. The molecule has 0 amide bonds. The molecular formula is C6H10FN. The quantitative estimate of drug-likeness (QED) is 0.506. The van der Waals surface area contributed by atoms with Crippen molar-refractivity contribution in [2.45, 2.75) is 25.8 Å². The fourth-order valence-corrected chi connectivity index (χ4v) is 0.897. The largest absolute Gasteiger partial charge is 0.324 e. The van der Waals surface area contributed by atoms with E-state index in [-0.39, 0.29) is 11.9 Å². The second kappa shape index (κ2) is 1.86. The van der Waals surface area contributed by atoms with Crippen molar-refractivity contribution >= 4 is 0 Å². The van der Waals surface area contributed by atoms with Gasteiger partial charge in [0.1, 0.15) is 5.83 Å². The van der Waals surface area contributed by atoms with Crippen LogP contribution in [-0.4, -0.2) is 6.04 Å². The van der Waals surface area contributed by atoms with E-state index in [0.29, 0.717) is 6.42 Å². The average molecular weight is 115 g/mol. The van der Waals surface area contributed by atoms with E-state index in [1.54, 1.807) is 6.92 Å². The molecule has 0 saturated carbocycles. The van der Waals surface area contributed by atoms with Crippen LogP contribution < -0.4 is 5.73 Å². The lowest BCUT2D eigenvalue weighted by Crippen LogP contribution is -2.16. The van der Waals surface area contributed by atoms with E-state index >= 15 is 0 Å². The third-order valence-corrected chi connectivity index (χ3v) is 1.66. The van der Waals surface area contributed by atoms with E-state index in [1.807, 2.05) is 0 Å². The third kappa shape index (κ3) is 0.757. The maximum atomic E-state index is 12.4. The van der Waals surface area contributed by atoms with Crippen molar-refractivity contribution < 1.29 is 4.39 Å². The Labute approximate surface area is 48.4 Å². The summed E-state index contributed by atoms with van der Waals surface area (Å²) in [6, 6.07) is -0.00463. The Morgan fingerprint density at radius 1 is 1.75 bits per heavy atom. The van der Waals surface area contributed by atoms with Gasteiger partial charge in [-0.3, -0.25) is 0 Å². The van der Waals surface area contributed by atoms with Crippen LogP contribution >= 0.6 is 0 Å². The molecule has 0 aromatic rings. The summed E-state index contributed by atoms with van der Waals surface area (Å²) in [4.78, 5) is 0. The maximum Gasteiger partial charge on any atom is 0.100 e. The molecule has 0 aliphatic heterocycles. The van der Waals surface area contributed by atoms with Crippen LogP contribution in [0.5, 0.6) is 0 Å².